The van der Waals surface area contributed by atoms with Gasteiger partial charge in [-0.15, -0.1) is 0 Å². The molecular formula is C25H22FN3O4. The van der Waals surface area contributed by atoms with Crippen LogP contribution >= 0.6 is 0 Å². The summed E-state index contributed by atoms with van der Waals surface area (Å²) in [5.41, 5.74) is 2.96. The smallest absolute Gasteiger partial charge is 0.251 e. The number of rotatable bonds is 8. The average Bonchev–Trinajstić information content (AvgIpc) is 3.15. The average molecular weight is 447 g/mol. The number of amides is 1. The first-order valence-electron chi connectivity index (χ1n) is 10.3. The number of nitrogens with one attached hydrogen (secondary N) is 1. The number of hydrogen-bond donors (Lipinski definition) is 1. The Balaban J connectivity index is 1.31. The lowest BCUT2D eigenvalue weighted by atomic mass is 10.2. The maximum absolute atomic E-state index is 13.0. The molecule has 4 rings (SSSR count). The maximum Gasteiger partial charge on any atom is 0.251 e. The number of nitrogens with zero attached hydrogens (tertiary/aromatic N) is 2. The van der Waals surface area contributed by atoms with Crippen LogP contribution in [-0.4, -0.2) is 16.0 Å². The van der Waals surface area contributed by atoms with Gasteiger partial charge in [0, 0.05) is 24.4 Å². The van der Waals surface area contributed by atoms with E-state index in [0.717, 1.165) is 16.8 Å². The van der Waals surface area contributed by atoms with Crippen molar-refractivity contribution < 1.29 is 23.2 Å². The number of carbonyl (C=O) groups excluding carboxylic acids is 1. The molecule has 2 aromatic heterocycles. The van der Waals surface area contributed by atoms with Crippen LogP contribution in [0.15, 0.2) is 71.4 Å². The van der Waals surface area contributed by atoms with Gasteiger partial charge in [0.2, 0.25) is 5.88 Å². The summed E-state index contributed by atoms with van der Waals surface area (Å²) in [7, 11) is 0. The van der Waals surface area contributed by atoms with Crippen molar-refractivity contribution >= 4 is 5.91 Å². The molecule has 0 bridgehead atoms. The lowest BCUT2D eigenvalue weighted by molar-refractivity contribution is 0.0950. The monoisotopic (exact) mass is 447 g/mol. The number of aryl methyl sites for hydroxylation is 2. The molecule has 0 radical (unpaired) electrons. The highest BCUT2D eigenvalue weighted by Gasteiger charge is 2.11. The molecule has 0 saturated heterocycles. The summed E-state index contributed by atoms with van der Waals surface area (Å²) in [6, 6.07) is 16.1. The minimum absolute atomic E-state index is 0.232. The number of pyridine rings is 1. The van der Waals surface area contributed by atoms with Crippen molar-refractivity contribution in [3.63, 3.8) is 0 Å². The lowest BCUT2D eigenvalue weighted by Crippen LogP contribution is -2.22. The van der Waals surface area contributed by atoms with Crippen LogP contribution in [-0.2, 0) is 13.2 Å². The van der Waals surface area contributed by atoms with E-state index in [1.807, 2.05) is 13.8 Å². The Morgan fingerprint density at radius 2 is 1.88 bits per heavy atom. The fourth-order valence-corrected chi connectivity index (χ4v) is 3.07. The second-order valence-corrected chi connectivity index (χ2v) is 7.36. The molecule has 2 heterocycles. The Bertz CT molecular complexity index is 1220. The van der Waals surface area contributed by atoms with Gasteiger partial charge in [-0.1, -0.05) is 17.3 Å². The van der Waals surface area contributed by atoms with Gasteiger partial charge in [0.15, 0.2) is 0 Å². The fourth-order valence-electron chi connectivity index (χ4n) is 3.07. The van der Waals surface area contributed by atoms with Gasteiger partial charge in [-0.2, -0.15) is 0 Å². The van der Waals surface area contributed by atoms with Crippen molar-refractivity contribution in [2.24, 2.45) is 0 Å². The summed E-state index contributed by atoms with van der Waals surface area (Å²) in [6.45, 7) is 4.30. The van der Waals surface area contributed by atoms with Crippen molar-refractivity contribution in [2.75, 3.05) is 0 Å². The van der Waals surface area contributed by atoms with Gasteiger partial charge in [-0.05, 0) is 61.9 Å². The molecule has 2 aromatic carbocycles. The van der Waals surface area contributed by atoms with E-state index in [0.29, 0.717) is 41.9 Å². The lowest BCUT2D eigenvalue weighted by Gasteiger charge is -2.09. The Hall–Kier alpha value is -4.20. The first kappa shape index (κ1) is 22.0. The van der Waals surface area contributed by atoms with E-state index in [9.17, 15) is 9.18 Å². The van der Waals surface area contributed by atoms with Crippen molar-refractivity contribution in [2.45, 2.75) is 27.0 Å². The summed E-state index contributed by atoms with van der Waals surface area (Å²) in [6.07, 6.45) is 1.61. The molecule has 1 N–H and O–H groups in total. The van der Waals surface area contributed by atoms with Crippen LogP contribution in [0.2, 0.25) is 0 Å². The summed E-state index contributed by atoms with van der Waals surface area (Å²) in [4.78, 5) is 16.8. The highest BCUT2D eigenvalue weighted by Crippen LogP contribution is 2.20. The second-order valence-electron chi connectivity index (χ2n) is 7.36. The van der Waals surface area contributed by atoms with Crippen molar-refractivity contribution in [1.82, 2.24) is 15.5 Å². The predicted molar refractivity (Wildman–Crippen MR) is 119 cm³/mol. The van der Waals surface area contributed by atoms with Crippen LogP contribution < -0.4 is 14.8 Å². The predicted octanol–water partition coefficient (Wildman–Crippen LogP) is 5.13. The summed E-state index contributed by atoms with van der Waals surface area (Å²) in [5, 5.41) is 6.77. The van der Waals surface area contributed by atoms with Crippen LogP contribution in [0, 0.1) is 19.7 Å². The summed E-state index contributed by atoms with van der Waals surface area (Å²) < 4.78 is 29.5. The molecule has 0 aliphatic carbocycles. The number of benzene rings is 2. The van der Waals surface area contributed by atoms with E-state index in [1.54, 1.807) is 42.6 Å². The van der Waals surface area contributed by atoms with Crippen molar-refractivity contribution in [3.05, 3.63) is 101 Å². The Morgan fingerprint density at radius 1 is 1.06 bits per heavy atom. The van der Waals surface area contributed by atoms with Gasteiger partial charge in [0.1, 0.15) is 29.7 Å². The zero-order chi connectivity index (χ0) is 23.2. The van der Waals surface area contributed by atoms with Crippen molar-refractivity contribution in [1.29, 1.82) is 0 Å². The molecule has 0 unspecified atom stereocenters. The summed E-state index contributed by atoms with van der Waals surface area (Å²) >= 11 is 0. The van der Waals surface area contributed by atoms with Gasteiger partial charge < -0.3 is 19.3 Å². The molecule has 33 heavy (non-hydrogen) atoms. The molecule has 8 heteroatoms. The van der Waals surface area contributed by atoms with E-state index in [1.165, 1.54) is 24.3 Å². The third-order valence-corrected chi connectivity index (χ3v) is 4.95. The third kappa shape index (κ3) is 5.74. The van der Waals surface area contributed by atoms with Gasteiger partial charge in [-0.3, -0.25) is 4.79 Å². The standard InChI is InChI=1S/C25H22FN3O4/c1-16-23(17(2)33-29-16)15-31-22-5-3-4-19(12-22)25(30)28-14-18-6-11-24(27-13-18)32-21-9-7-20(26)8-10-21/h3-13H,14-15H2,1-2H3,(H,28,30). The molecular weight excluding hydrogens is 425 g/mol. The molecule has 1 amide bonds. The molecule has 0 aliphatic rings. The van der Waals surface area contributed by atoms with E-state index in [-0.39, 0.29) is 11.7 Å². The molecule has 0 spiro atoms. The van der Waals surface area contributed by atoms with E-state index < -0.39 is 0 Å². The number of hydrogen-bond acceptors (Lipinski definition) is 6. The SMILES string of the molecule is Cc1noc(C)c1COc1cccc(C(=O)NCc2ccc(Oc3ccc(F)cc3)nc2)c1. The summed E-state index contributed by atoms with van der Waals surface area (Å²) in [5.74, 6) is 1.58. The van der Waals surface area contributed by atoms with E-state index in [4.69, 9.17) is 14.0 Å². The molecule has 7 nitrogen and oxygen atoms in total. The zero-order valence-corrected chi connectivity index (χ0v) is 18.2. The topological polar surface area (TPSA) is 86.5 Å². The minimum atomic E-state index is -0.334. The van der Waals surface area contributed by atoms with Crippen LogP contribution in [0.5, 0.6) is 17.4 Å². The van der Waals surface area contributed by atoms with Gasteiger partial charge in [-0.25, -0.2) is 9.37 Å². The normalized spacial score (nSPS) is 10.6. The maximum atomic E-state index is 13.0. The molecule has 168 valence electrons. The third-order valence-electron chi connectivity index (χ3n) is 4.95. The van der Waals surface area contributed by atoms with E-state index >= 15 is 0 Å². The number of aromatic nitrogens is 2. The Morgan fingerprint density at radius 3 is 2.58 bits per heavy atom. The molecule has 0 aliphatic heterocycles. The van der Waals surface area contributed by atoms with Gasteiger partial charge >= 0.3 is 0 Å². The second kappa shape index (κ2) is 9.95. The van der Waals surface area contributed by atoms with Crippen LogP contribution in [0.3, 0.4) is 0 Å². The van der Waals surface area contributed by atoms with Gasteiger partial charge in [0.05, 0.1) is 11.3 Å². The Kier molecular flexibility index (Phi) is 6.64. The van der Waals surface area contributed by atoms with Crippen LogP contribution in [0.1, 0.15) is 32.9 Å². The van der Waals surface area contributed by atoms with Crippen molar-refractivity contribution in [3.8, 4) is 17.4 Å². The Labute approximate surface area is 190 Å². The zero-order valence-electron chi connectivity index (χ0n) is 18.2. The fraction of sp³-hybridized carbons (Fsp3) is 0.160. The quantitative estimate of drug-likeness (QED) is 0.403. The first-order chi connectivity index (χ1) is 16.0. The molecule has 0 saturated carbocycles. The van der Waals surface area contributed by atoms with Crippen LogP contribution in [0.4, 0.5) is 4.39 Å². The minimum Gasteiger partial charge on any atom is -0.489 e. The highest BCUT2D eigenvalue weighted by molar-refractivity contribution is 5.94. The van der Waals surface area contributed by atoms with Gasteiger partial charge in [0.25, 0.3) is 5.91 Å². The largest absolute Gasteiger partial charge is 0.489 e. The molecule has 0 atom stereocenters. The van der Waals surface area contributed by atoms with E-state index in [2.05, 4.69) is 15.5 Å². The first-order valence-corrected chi connectivity index (χ1v) is 10.3. The van der Waals surface area contributed by atoms with Crippen LogP contribution in [0.25, 0.3) is 0 Å². The molecule has 4 aromatic rings. The number of halogens is 1. The number of carbonyl (C=O) groups is 1. The number of ether oxygens (including phenoxy) is 2. The highest BCUT2D eigenvalue weighted by atomic mass is 19.1. The molecule has 0 fully saturated rings.